The predicted molar refractivity (Wildman–Crippen MR) is 91.4 cm³/mol. The first-order valence-corrected chi connectivity index (χ1v) is 7.84. The molecule has 2 rings (SSSR count). The Kier molecular flexibility index (Phi) is 6.09. The van der Waals surface area contributed by atoms with E-state index in [1.807, 2.05) is 19.1 Å². The van der Waals surface area contributed by atoms with Gasteiger partial charge in [-0.3, -0.25) is 4.79 Å². The van der Waals surface area contributed by atoms with Crippen molar-refractivity contribution >= 4 is 17.6 Å². The highest BCUT2D eigenvalue weighted by molar-refractivity contribution is 5.95. The zero-order valence-corrected chi connectivity index (χ0v) is 13.7. The van der Waals surface area contributed by atoms with Crippen molar-refractivity contribution < 1.29 is 19.4 Å². The van der Waals surface area contributed by atoms with E-state index in [1.165, 1.54) is 12.5 Å². The number of rotatable bonds is 6. The maximum atomic E-state index is 12.1. The molecule has 0 unspecified atom stereocenters. The van der Waals surface area contributed by atoms with Crippen molar-refractivity contribution in [1.82, 2.24) is 0 Å². The van der Waals surface area contributed by atoms with Crippen molar-refractivity contribution in [3.63, 3.8) is 0 Å². The molecule has 24 heavy (non-hydrogen) atoms. The summed E-state index contributed by atoms with van der Waals surface area (Å²) in [5, 5.41) is 12.6. The Balaban J connectivity index is 1.91. The molecule has 0 aliphatic carbocycles. The number of nitrogens with one attached hydrogen (secondary N) is 1. The van der Waals surface area contributed by atoms with Crippen LogP contribution in [0.3, 0.4) is 0 Å². The number of aryl methyl sites for hydroxylation is 1. The van der Waals surface area contributed by atoms with Crippen molar-refractivity contribution in [3.8, 4) is 0 Å². The van der Waals surface area contributed by atoms with E-state index in [1.54, 1.807) is 42.5 Å². The number of aliphatic hydroxyl groups excluding tert-OH is 1. The Labute approximate surface area is 141 Å². The van der Waals surface area contributed by atoms with Crippen LogP contribution in [0.25, 0.3) is 0 Å². The zero-order valence-electron chi connectivity index (χ0n) is 13.7. The number of carbonyl (C=O) groups excluding carboxylic acids is 2. The van der Waals surface area contributed by atoms with Crippen LogP contribution in [-0.4, -0.2) is 23.1 Å². The lowest BCUT2D eigenvalue weighted by atomic mass is 10.1. The molecule has 1 amide bonds. The van der Waals surface area contributed by atoms with E-state index in [4.69, 9.17) is 4.74 Å². The molecular formula is C19H21NO4. The van der Waals surface area contributed by atoms with E-state index in [9.17, 15) is 14.7 Å². The number of amides is 1. The molecule has 0 aliphatic rings. The fourth-order valence-electron chi connectivity index (χ4n) is 2.13. The molecule has 0 fully saturated rings. The quantitative estimate of drug-likeness (QED) is 0.800. The minimum atomic E-state index is -1.41. The van der Waals surface area contributed by atoms with Crippen molar-refractivity contribution in [3.05, 3.63) is 65.7 Å². The fourth-order valence-corrected chi connectivity index (χ4v) is 2.13. The lowest BCUT2D eigenvalue weighted by molar-refractivity contribution is -0.162. The summed E-state index contributed by atoms with van der Waals surface area (Å²) in [6.07, 6.45) is -1.51. The van der Waals surface area contributed by atoms with Gasteiger partial charge in [0.1, 0.15) is 0 Å². The molecule has 0 aliphatic heterocycles. The second kappa shape index (κ2) is 8.26. The second-order valence-corrected chi connectivity index (χ2v) is 5.43. The van der Waals surface area contributed by atoms with Gasteiger partial charge in [-0.25, -0.2) is 4.79 Å². The summed E-state index contributed by atoms with van der Waals surface area (Å²) in [5.41, 5.74) is 2.22. The molecule has 0 spiro atoms. The summed E-state index contributed by atoms with van der Waals surface area (Å²) in [5.74, 6) is -1.31. The van der Waals surface area contributed by atoms with Crippen molar-refractivity contribution in [2.45, 2.75) is 32.5 Å². The van der Waals surface area contributed by atoms with Gasteiger partial charge < -0.3 is 15.2 Å². The van der Waals surface area contributed by atoms with Gasteiger partial charge in [0.25, 0.3) is 5.91 Å². The minimum absolute atomic E-state index is 0.422. The number of hydrogen-bond acceptors (Lipinski definition) is 4. The molecule has 5 nitrogen and oxygen atoms in total. The van der Waals surface area contributed by atoms with E-state index in [0.29, 0.717) is 11.3 Å². The van der Waals surface area contributed by atoms with Crippen LogP contribution in [-0.2, 0) is 20.7 Å². The monoisotopic (exact) mass is 327 g/mol. The third-order valence-electron chi connectivity index (χ3n) is 3.63. The smallest absolute Gasteiger partial charge is 0.340 e. The Morgan fingerprint density at radius 3 is 2.29 bits per heavy atom. The zero-order chi connectivity index (χ0) is 17.5. The molecule has 5 heteroatoms. The molecule has 2 aromatic rings. The highest BCUT2D eigenvalue weighted by Gasteiger charge is 2.24. The number of benzene rings is 2. The molecule has 2 aromatic carbocycles. The van der Waals surface area contributed by atoms with Gasteiger partial charge >= 0.3 is 5.97 Å². The maximum Gasteiger partial charge on any atom is 0.340 e. The normalized spacial score (nSPS) is 13.0. The highest BCUT2D eigenvalue weighted by Crippen LogP contribution is 2.15. The standard InChI is InChI=1S/C19H21NO4/c1-3-14-9-11-16(12-10-14)20-18(22)13(2)24-19(23)17(21)15-7-5-4-6-8-15/h4-13,17,21H,3H2,1-2H3,(H,20,22)/t13-,17-/m0/s1. The fraction of sp³-hybridized carbons (Fsp3) is 0.263. The van der Waals surface area contributed by atoms with Crippen LogP contribution in [0.15, 0.2) is 54.6 Å². The molecule has 0 saturated heterocycles. The van der Waals surface area contributed by atoms with E-state index in [0.717, 1.165) is 6.42 Å². The summed E-state index contributed by atoms with van der Waals surface area (Å²) >= 11 is 0. The lowest BCUT2D eigenvalue weighted by Crippen LogP contribution is -2.31. The molecule has 0 radical (unpaired) electrons. The predicted octanol–water partition coefficient (Wildman–Crippen LogP) is 2.85. The Morgan fingerprint density at radius 2 is 1.71 bits per heavy atom. The highest BCUT2D eigenvalue weighted by atomic mass is 16.6. The Bertz CT molecular complexity index is 682. The van der Waals surface area contributed by atoms with Crippen LogP contribution in [0.5, 0.6) is 0 Å². The van der Waals surface area contributed by atoms with Gasteiger partial charge in [-0.15, -0.1) is 0 Å². The topological polar surface area (TPSA) is 75.6 Å². The van der Waals surface area contributed by atoms with Crippen molar-refractivity contribution in [2.75, 3.05) is 5.32 Å². The number of ether oxygens (including phenoxy) is 1. The van der Waals surface area contributed by atoms with Crippen LogP contribution in [0.4, 0.5) is 5.69 Å². The van der Waals surface area contributed by atoms with Crippen LogP contribution in [0.1, 0.15) is 31.1 Å². The maximum absolute atomic E-state index is 12.1. The molecule has 126 valence electrons. The molecule has 2 atom stereocenters. The largest absolute Gasteiger partial charge is 0.450 e. The summed E-state index contributed by atoms with van der Waals surface area (Å²) in [4.78, 5) is 24.0. The molecule has 0 heterocycles. The van der Waals surface area contributed by atoms with Gasteiger partial charge in [0.2, 0.25) is 0 Å². The number of anilines is 1. The summed E-state index contributed by atoms with van der Waals surface area (Å²) < 4.78 is 5.04. The van der Waals surface area contributed by atoms with Crippen LogP contribution >= 0.6 is 0 Å². The van der Waals surface area contributed by atoms with Gasteiger partial charge in [-0.05, 0) is 36.6 Å². The SMILES string of the molecule is CCc1ccc(NC(=O)[C@H](C)OC(=O)[C@@H](O)c2ccccc2)cc1. The van der Waals surface area contributed by atoms with Crippen LogP contribution in [0.2, 0.25) is 0 Å². The third kappa shape index (κ3) is 4.67. The van der Waals surface area contributed by atoms with E-state index >= 15 is 0 Å². The van der Waals surface area contributed by atoms with E-state index in [2.05, 4.69) is 5.32 Å². The van der Waals surface area contributed by atoms with Gasteiger partial charge in [0.05, 0.1) is 0 Å². The van der Waals surface area contributed by atoms with Crippen molar-refractivity contribution in [1.29, 1.82) is 0 Å². The summed E-state index contributed by atoms with van der Waals surface area (Å²) in [7, 11) is 0. The Morgan fingerprint density at radius 1 is 1.08 bits per heavy atom. The molecule has 2 N–H and O–H groups in total. The van der Waals surface area contributed by atoms with E-state index < -0.39 is 24.1 Å². The third-order valence-corrected chi connectivity index (χ3v) is 3.63. The average molecular weight is 327 g/mol. The van der Waals surface area contributed by atoms with Crippen LogP contribution < -0.4 is 5.32 Å². The number of aliphatic hydroxyl groups is 1. The molecular weight excluding hydrogens is 306 g/mol. The minimum Gasteiger partial charge on any atom is -0.450 e. The van der Waals surface area contributed by atoms with Gasteiger partial charge in [0.15, 0.2) is 12.2 Å². The lowest BCUT2D eigenvalue weighted by Gasteiger charge is -2.16. The van der Waals surface area contributed by atoms with Gasteiger partial charge in [0, 0.05) is 5.69 Å². The van der Waals surface area contributed by atoms with E-state index in [-0.39, 0.29) is 0 Å². The number of hydrogen-bond donors (Lipinski definition) is 2. The van der Waals surface area contributed by atoms with Gasteiger partial charge in [-0.2, -0.15) is 0 Å². The Hall–Kier alpha value is -2.66. The van der Waals surface area contributed by atoms with Gasteiger partial charge in [-0.1, -0.05) is 49.4 Å². The summed E-state index contributed by atoms with van der Waals surface area (Å²) in [6, 6.07) is 15.9. The second-order valence-electron chi connectivity index (χ2n) is 5.43. The molecule has 0 saturated carbocycles. The first-order valence-electron chi connectivity index (χ1n) is 7.84. The molecule has 0 aromatic heterocycles. The summed E-state index contributed by atoms with van der Waals surface area (Å²) in [6.45, 7) is 3.51. The van der Waals surface area contributed by atoms with Crippen LogP contribution in [0, 0.1) is 0 Å². The average Bonchev–Trinajstić information content (AvgIpc) is 2.62. The van der Waals surface area contributed by atoms with Crippen molar-refractivity contribution in [2.24, 2.45) is 0 Å². The number of esters is 1. The number of carbonyl (C=O) groups is 2. The molecule has 0 bridgehead atoms. The first-order chi connectivity index (χ1) is 11.5. The first kappa shape index (κ1) is 17.7.